The van der Waals surface area contributed by atoms with Crippen molar-refractivity contribution in [1.29, 1.82) is 0 Å². The molecule has 0 saturated heterocycles. The minimum absolute atomic E-state index is 0.142. The van der Waals surface area contributed by atoms with Crippen molar-refractivity contribution in [3.05, 3.63) is 137 Å². The van der Waals surface area contributed by atoms with Crippen LogP contribution >= 0.6 is 11.6 Å². The molecule has 0 bridgehead atoms. The Morgan fingerprint density at radius 2 is 1.44 bits per heavy atom. The average Bonchev–Trinajstić information content (AvgIpc) is 3.05. The van der Waals surface area contributed by atoms with E-state index in [9.17, 15) is 14.4 Å². The highest BCUT2D eigenvalue weighted by molar-refractivity contribution is 6.49. The van der Waals surface area contributed by atoms with Crippen LogP contribution in [-0.2, 0) is 19.1 Å². The third-order valence-corrected chi connectivity index (χ3v) is 8.57. The molecule has 1 aliphatic carbocycles. The third-order valence-electron chi connectivity index (χ3n) is 8.19. The Kier molecular flexibility index (Phi) is 9.21. The summed E-state index contributed by atoms with van der Waals surface area (Å²) < 4.78 is 5.26. The second kappa shape index (κ2) is 13.1. The van der Waals surface area contributed by atoms with E-state index in [-0.39, 0.29) is 10.6 Å². The minimum Gasteiger partial charge on any atom is -0.443 e. The summed E-state index contributed by atoms with van der Waals surface area (Å²) in [6, 6.07) is 26.7. The second-order valence-corrected chi connectivity index (χ2v) is 12.0. The number of Topliss-reactive ketones (excluding diaryl/α,β-unsaturated/α-hetero) is 2. The summed E-state index contributed by atoms with van der Waals surface area (Å²) in [5.74, 6) is -1.67. The highest BCUT2D eigenvalue weighted by Gasteiger charge is 2.52. The molecule has 0 aromatic heterocycles. The molecule has 0 N–H and O–H groups in total. The first-order valence-corrected chi connectivity index (χ1v) is 15.4. The number of ether oxygens (including phenoxy) is 1. The SMILES string of the molecule is CC[C@H](C)/C=C(C)/C=C/C1=CC2=C(Cl)C(=O)[C@](C)(OC(C)=O)C(=O)C2=CN1c1ccc(-c2ccc(-c3ccccc3)cc2)cc1. The van der Waals surface area contributed by atoms with Crippen molar-refractivity contribution in [1.82, 2.24) is 0 Å². The topological polar surface area (TPSA) is 63.7 Å². The maximum absolute atomic E-state index is 13.7. The molecule has 0 spiro atoms. The standard InChI is InChI=1S/C39H36ClNO4/c1-6-25(2)22-26(3)12-19-33-23-34-35(37(43)39(5,45-27(4)42)38(44)36(34)40)24-41(33)32-20-17-31(18-21-32)30-15-13-29(14-16-30)28-10-8-7-9-11-28/h7-25H,6H2,1-5H3/b19-12+,26-22+/t25-,39+/m0/s1. The Morgan fingerprint density at radius 1 is 0.889 bits per heavy atom. The Labute approximate surface area is 269 Å². The van der Waals surface area contributed by atoms with Crippen molar-refractivity contribution in [2.75, 3.05) is 4.90 Å². The molecule has 228 valence electrons. The van der Waals surface area contributed by atoms with Gasteiger partial charge in [0, 0.05) is 35.7 Å². The van der Waals surface area contributed by atoms with Crippen molar-refractivity contribution in [2.45, 2.75) is 46.6 Å². The lowest BCUT2D eigenvalue weighted by molar-refractivity contribution is -0.167. The number of anilines is 1. The summed E-state index contributed by atoms with van der Waals surface area (Å²) >= 11 is 6.57. The van der Waals surface area contributed by atoms with Gasteiger partial charge >= 0.3 is 5.97 Å². The molecular weight excluding hydrogens is 582 g/mol. The average molecular weight is 618 g/mol. The van der Waals surface area contributed by atoms with Crippen LogP contribution in [0.1, 0.15) is 41.0 Å². The first kappa shape index (κ1) is 31.7. The van der Waals surface area contributed by atoms with E-state index < -0.39 is 23.1 Å². The van der Waals surface area contributed by atoms with Crippen molar-refractivity contribution >= 4 is 34.8 Å². The molecule has 5 nitrogen and oxygen atoms in total. The smallest absolute Gasteiger partial charge is 0.304 e. The van der Waals surface area contributed by atoms with Gasteiger partial charge < -0.3 is 9.64 Å². The summed E-state index contributed by atoms with van der Waals surface area (Å²) in [5.41, 5.74) is 5.53. The maximum atomic E-state index is 13.7. The monoisotopic (exact) mass is 617 g/mol. The van der Waals surface area contributed by atoms with Gasteiger partial charge in [0.2, 0.25) is 17.2 Å². The zero-order valence-corrected chi connectivity index (χ0v) is 26.9. The van der Waals surface area contributed by atoms with Crippen LogP contribution in [0.2, 0.25) is 0 Å². The van der Waals surface area contributed by atoms with E-state index in [4.69, 9.17) is 16.3 Å². The zero-order valence-electron chi connectivity index (χ0n) is 26.1. The number of fused-ring (bicyclic) bond motifs is 1. The summed E-state index contributed by atoms with van der Waals surface area (Å²) in [4.78, 5) is 40.7. The van der Waals surface area contributed by atoms with E-state index >= 15 is 0 Å². The van der Waals surface area contributed by atoms with Crippen molar-refractivity contribution in [2.24, 2.45) is 5.92 Å². The number of allylic oxidation sites excluding steroid dienone is 6. The fourth-order valence-electron chi connectivity index (χ4n) is 5.49. The molecule has 0 saturated carbocycles. The molecule has 2 atom stereocenters. The molecule has 0 radical (unpaired) electrons. The fourth-order valence-corrected chi connectivity index (χ4v) is 5.83. The zero-order chi connectivity index (χ0) is 32.3. The normalized spacial score (nSPS) is 19.3. The van der Waals surface area contributed by atoms with Crippen LogP contribution in [0.5, 0.6) is 0 Å². The van der Waals surface area contributed by atoms with E-state index in [1.807, 2.05) is 66.4 Å². The van der Waals surface area contributed by atoms with E-state index in [0.29, 0.717) is 11.5 Å². The van der Waals surface area contributed by atoms with Crippen LogP contribution < -0.4 is 4.90 Å². The highest BCUT2D eigenvalue weighted by atomic mass is 35.5. The van der Waals surface area contributed by atoms with Crippen molar-refractivity contribution in [3.8, 4) is 22.3 Å². The molecule has 5 rings (SSSR count). The predicted octanol–water partition coefficient (Wildman–Crippen LogP) is 9.12. The maximum Gasteiger partial charge on any atom is 0.304 e. The summed E-state index contributed by atoms with van der Waals surface area (Å²) in [5, 5.41) is -0.142. The number of esters is 1. The number of nitrogens with zero attached hydrogens (tertiary/aromatic N) is 1. The lowest BCUT2D eigenvalue weighted by Crippen LogP contribution is -2.52. The number of rotatable bonds is 8. The molecule has 2 aliphatic rings. The van der Waals surface area contributed by atoms with Gasteiger partial charge in [-0.2, -0.15) is 0 Å². The molecule has 1 aliphatic heterocycles. The number of hydrogen-bond donors (Lipinski definition) is 0. The Balaban J connectivity index is 1.53. The molecule has 1 heterocycles. The number of hydrogen-bond acceptors (Lipinski definition) is 5. The fraction of sp³-hybridized carbons (Fsp3) is 0.205. The Morgan fingerprint density at radius 3 is 2.00 bits per heavy atom. The minimum atomic E-state index is -2.03. The molecule has 3 aromatic rings. The van der Waals surface area contributed by atoms with Crippen LogP contribution in [0.3, 0.4) is 0 Å². The summed E-state index contributed by atoms with van der Waals surface area (Å²) in [6.45, 7) is 8.81. The molecule has 45 heavy (non-hydrogen) atoms. The van der Waals surface area contributed by atoms with Crippen molar-refractivity contribution < 1.29 is 19.1 Å². The number of carbonyl (C=O) groups is 3. The Hall–Kier alpha value is -4.74. The first-order valence-electron chi connectivity index (χ1n) is 15.1. The van der Waals surface area contributed by atoms with Crippen LogP contribution in [0.25, 0.3) is 22.3 Å². The van der Waals surface area contributed by atoms with E-state index in [1.54, 1.807) is 12.3 Å². The van der Waals surface area contributed by atoms with E-state index in [2.05, 4.69) is 56.3 Å². The molecule has 0 unspecified atom stereocenters. The van der Waals surface area contributed by atoms with Gasteiger partial charge in [-0.15, -0.1) is 0 Å². The quantitative estimate of drug-likeness (QED) is 0.143. The van der Waals surface area contributed by atoms with Gasteiger partial charge in [-0.05, 0) is 66.3 Å². The van der Waals surface area contributed by atoms with Gasteiger partial charge in [0.1, 0.15) is 0 Å². The lowest BCUT2D eigenvalue weighted by Gasteiger charge is -2.35. The molecule has 0 amide bonds. The van der Waals surface area contributed by atoms with Gasteiger partial charge in [-0.1, -0.05) is 116 Å². The summed E-state index contributed by atoms with van der Waals surface area (Å²) in [6.07, 6.45) is 10.6. The number of ketones is 2. The predicted molar refractivity (Wildman–Crippen MR) is 181 cm³/mol. The first-order chi connectivity index (χ1) is 21.5. The molecule has 6 heteroatoms. The van der Waals surface area contributed by atoms with Crippen LogP contribution in [0.4, 0.5) is 5.69 Å². The largest absolute Gasteiger partial charge is 0.443 e. The molecular formula is C39H36ClNO4. The van der Waals surface area contributed by atoms with Gasteiger partial charge in [-0.3, -0.25) is 14.4 Å². The lowest BCUT2D eigenvalue weighted by atomic mass is 9.79. The summed E-state index contributed by atoms with van der Waals surface area (Å²) in [7, 11) is 0. The molecule has 3 aromatic carbocycles. The highest BCUT2D eigenvalue weighted by Crippen LogP contribution is 2.41. The second-order valence-electron chi connectivity index (χ2n) is 11.6. The van der Waals surface area contributed by atoms with Gasteiger partial charge in [0.05, 0.1) is 5.03 Å². The van der Waals surface area contributed by atoms with Gasteiger partial charge in [0.25, 0.3) is 0 Å². The number of benzene rings is 3. The van der Waals surface area contributed by atoms with Crippen LogP contribution in [-0.4, -0.2) is 23.1 Å². The van der Waals surface area contributed by atoms with E-state index in [1.165, 1.54) is 6.92 Å². The van der Waals surface area contributed by atoms with Gasteiger partial charge in [-0.25, -0.2) is 0 Å². The van der Waals surface area contributed by atoms with Crippen molar-refractivity contribution in [3.63, 3.8) is 0 Å². The van der Waals surface area contributed by atoms with Crippen LogP contribution in [0, 0.1) is 5.92 Å². The van der Waals surface area contributed by atoms with Crippen LogP contribution in [0.15, 0.2) is 137 Å². The van der Waals surface area contributed by atoms with E-state index in [0.717, 1.165) is 52.6 Å². The van der Waals surface area contributed by atoms with Gasteiger partial charge in [0.15, 0.2) is 0 Å². The molecule has 0 fully saturated rings. The number of carbonyl (C=O) groups excluding carboxylic acids is 3. The third kappa shape index (κ3) is 6.54. The number of halogens is 1. The Bertz CT molecular complexity index is 1790.